The van der Waals surface area contributed by atoms with Crippen LogP contribution in [0, 0.1) is 0 Å². The lowest BCUT2D eigenvalue weighted by atomic mass is 10.0. The molecule has 7 rings (SSSR count). The minimum absolute atomic E-state index is 0.367. The van der Waals surface area contributed by atoms with Gasteiger partial charge in [0.25, 0.3) is 0 Å². The zero-order chi connectivity index (χ0) is 24.6. The summed E-state index contributed by atoms with van der Waals surface area (Å²) in [5.41, 5.74) is 7.42. The molecule has 0 spiro atoms. The second-order valence-electron chi connectivity index (χ2n) is 8.91. The Hall–Kier alpha value is -5.03. The van der Waals surface area contributed by atoms with E-state index in [9.17, 15) is 0 Å². The van der Waals surface area contributed by atoms with E-state index in [1.165, 1.54) is 0 Å². The van der Waals surface area contributed by atoms with Crippen LogP contribution in [-0.4, -0.2) is 16.7 Å². The highest BCUT2D eigenvalue weighted by Crippen LogP contribution is 2.36. The summed E-state index contributed by atoms with van der Waals surface area (Å²) in [6.07, 6.45) is 1.48. The summed E-state index contributed by atoms with van der Waals surface area (Å²) in [6.45, 7) is 0. The Morgan fingerprint density at radius 1 is 0.595 bits per heavy atom. The van der Waals surface area contributed by atoms with E-state index in [1.54, 1.807) is 0 Å². The van der Waals surface area contributed by atoms with Crippen molar-refractivity contribution in [1.29, 1.82) is 0 Å². The van der Waals surface area contributed by atoms with Crippen molar-refractivity contribution in [2.75, 3.05) is 0 Å². The second-order valence-corrected chi connectivity index (χ2v) is 8.91. The number of nitrogens with one attached hydrogen (secondary N) is 1. The van der Waals surface area contributed by atoms with Crippen LogP contribution >= 0.6 is 0 Å². The molecule has 4 aromatic carbocycles. The molecule has 5 heteroatoms. The minimum atomic E-state index is -0.367. The number of amidine groups is 2. The number of fused-ring (bicyclic) bond motifs is 3. The van der Waals surface area contributed by atoms with E-state index in [1.807, 2.05) is 79.0 Å². The molecule has 0 fully saturated rings. The Bertz CT molecular complexity index is 1790. The van der Waals surface area contributed by atoms with Crippen LogP contribution in [0.1, 0.15) is 22.9 Å². The number of aromatic nitrogens is 1. The van der Waals surface area contributed by atoms with Gasteiger partial charge in [0.15, 0.2) is 11.7 Å². The van der Waals surface area contributed by atoms with Crippen LogP contribution in [0.4, 0.5) is 0 Å². The van der Waals surface area contributed by atoms with E-state index in [4.69, 9.17) is 19.4 Å². The van der Waals surface area contributed by atoms with Crippen LogP contribution in [0.2, 0.25) is 0 Å². The molecule has 3 heterocycles. The molecule has 6 aromatic rings. The van der Waals surface area contributed by atoms with Crippen molar-refractivity contribution in [3.63, 3.8) is 0 Å². The Labute approximate surface area is 213 Å². The highest BCUT2D eigenvalue weighted by molar-refractivity contribution is 6.23. The van der Waals surface area contributed by atoms with Gasteiger partial charge in [0, 0.05) is 22.9 Å². The third kappa shape index (κ3) is 3.78. The number of benzene rings is 4. The predicted molar refractivity (Wildman–Crippen MR) is 149 cm³/mol. The molecule has 0 amide bonds. The summed E-state index contributed by atoms with van der Waals surface area (Å²) in [5, 5.41) is 4.44. The average molecular weight is 479 g/mol. The first kappa shape index (κ1) is 21.3. The van der Waals surface area contributed by atoms with E-state index in [-0.39, 0.29) is 6.17 Å². The van der Waals surface area contributed by atoms with Crippen molar-refractivity contribution in [2.24, 2.45) is 9.98 Å². The van der Waals surface area contributed by atoms with Gasteiger partial charge >= 0.3 is 0 Å². The highest BCUT2D eigenvalue weighted by atomic mass is 16.3. The summed E-state index contributed by atoms with van der Waals surface area (Å²) in [5.74, 6) is 1.52. The molecule has 5 nitrogen and oxygen atoms in total. The maximum absolute atomic E-state index is 6.42. The lowest BCUT2D eigenvalue weighted by Crippen LogP contribution is -2.36. The molecule has 1 atom stereocenters. The molecule has 37 heavy (non-hydrogen) atoms. The largest absolute Gasteiger partial charge is 0.454 e. The van der Waals surface area contributed by atoms with E-state index < -0.39 is 0 Å². The Morgan fingerprint density at radius 2 is 1.27 bits per heavy atom. The topological polar surface area (TPSA) is 62.8 Å². The molecule has 0 aliphatic carbocycles. The first-order valence-electron chi connectivity index (χ1n) is 12.2. The van der Waals surface area contributed by atoms with Gasteiger partial charge in [0.2, 0.25) is 0 Å². The molecule has 1 aliphatic heterocycles. The average Bonchev–Trinajstić information content (AvgIpc) is 3.37. The summed E-state index contributed by atoms with van der Waals surface area (Å²) in [6, 6.07) is 38.6. The van der Waals surface area contributed by atoms with E-state index >= 15 is 0 Å². The van der Waals surface area contributed by atoms with Crippen molar-refractivity contribution in [1.82, 2.24) is 10.3 Å². The normalized spacial score (nSPS) is 15.3. The molecule has 176 valence electrons. The number of pyridine rings is 1. The zero-order valence-corrected chi connectivity index (χ0v) is 19.9. The molecule has 0 bridgehead atoms. The van der Waals surface area contributed by atoms with Crippen molar-refractivity contribution in [3.05, 3.63) is 138 Å². The van der Waals surface area contributed by atoms with Gasteiger partial charge < -0.3 is 9.73 Å². The van der Waals surface area contributed by atoms with Gasteiger partial charge in [-0.15, -0.1) is 0 Å². The molecule has 0 radical (unpaired) electrons. The molecule has 1 N–H and O–H groups in total. The number of hydrogen-bond donors (Lipinski definition) is 1. The smallest absolute Gasteiger partial charge is 0.169 e. The van der Waals surface area contributed by atoms with Gasteiger partial charge in [0.05, 0.1) is 5.39 Å². The second kappa shape index (κ2) is 8.88. The number of furan rings is 1. The Balaban J connectivity index is 1.42. The molecular formula is C32H22N4O. The van der Waals surface area contributed by atoms with Gasteiger partial charge in [-0.05, 0) is 23.3 Å². The first-order valence-corrected chi connectivity index (χ1v) is 12.2. The lowest BCUT2D eigenvalue weighted by Gasteiger charge is -2.22. The van der Waals surface area contributed by atoms with E-state index in [0.29, 0.717) is 0 Å². The molecular weight excluding hydrogens is 456 g/mol. The Kier molecular flexibility index (Phi) is 5.10. The summed E-state index contributed by atoms with van der Waals surface area (Å²) in [4.78, 5) is 14.8. The summed E-state index contributed by atoms with van der Waals surface area (Å²) >= 11 is 0. The monoisotopic (exact) mass is 478 g/mol. The van der Waals surface area contributed by atoms with Crippen LogP contribution in [-0.2, 0) is 0 Å². The van der Waals surface area contributed by atoms with Crippen LogP contribution in [0.15, 0.2) is 136 Å². The fraction of sp³-hybridized carbons (Fsp3) is 0.0312. The molecule has 0 saturated carbocycles. The third-order valence-corrected chi connectivity index (χ3v) is 6.60. The van der Waals surface area contributed by atoms with Crippen molar-refractivity contribution in [2.45, 2.75) is 6.17 Å². The number of nitrogens with zero attached hydrogens (tertiary/aromatic N) is 3. The van der Waals surface area contributed by atoms with Crippen molar-refractivity contribution >= 4 is 33.7 Å². The third-order valence-electron chi connectivity index (χ3n) is 6.60. The molecule has 0 saturated heterocycles. The van der Waals surface area contributed by atoms with Gasteiger partial charge in [-0.1, -0.05) is 103 Å². The van der Waals surface area contributed by atoms with E-state index in [2.05, 4.69) is 47.8 Å². The van der Waals surface area contributed by atoms with Crippen molar-refractivity contribution in [3.8, 4) is 11.1 Å². The van der Waals surface area contributed by atoms with E-state index in [0.717, 1.165) is 61.6 Å². The van der Waals surface area contributed by atoms with Gasteiger partial charge in [-0.3, -0.25) is 4.98 Å². The fourth-order valence-corrected chi connectivity index (χ4v) is 4.85. The Morgan fingerprint density at radius 3 is 2.03 bits per heavy atom. The SMILES string of the molecule is c1ccc(C2=NC(c3ccccc3)N=C(c3cccc4oc5c(-c6ccccc6)ccnc5c34)N2)cc1. The maximum atomic E-state index is 6.42. The minimum Gasteiger partial charge on any atom is -0.454 e. The number of rotatable bonds is 4. The molecule has 1 aliphatic rings. The highest BCUT2D eigenvalue weighted by Gasteiger charge is 2.24. The van der Waals surface area contributed by atoms with Gasteiger partial charge in [-0.2, -0.15) is 0 Å². The number of hydrogen-bond acceptors (Lipinski definition) is 5. The first-order chi connectivity index (χ1) is 18.3. The van der Waals surface area contributed by atoms with Crippen LogP contribution in [0.3, 0.4) is 0 Å². The van der Waals surface area contributed by atoms with Crippen molar-refractivity contribution < 1.29 is 4.42 Å². The number of aliphatic imine (C=N–C) groups is 2. The standard InChI is InChI=1S/C32H22N4O/c1-4-11-21(12-5-1)24-19-20-33-28-27-25(17-10-18-26(27)37-29(24)28)32-35-30(22-13-6-2-7-14-22)34-31(36-32)23-15-8-3-9-16-23/h1-20,30H,(H,34,35,36). The van der Waals surface area contributed by atoms with Gasteiger partial charge in [-0.25, -0.2) is 9.98 Å². The summed E-state index contributed by atoms with van der Waals surface area (Å²) < 4.78 is 6.42. The lowest BCUT2D eigenvalue weighted by molar-refractivity contribution is 0.669. The molecule has 2 aromatic heterocycles. The zero-order valence-electron chi connectivity index (χ0n) is 19.9. The van der Waals surface area contributed by atoms with Gasteiger partial charge in [0.1, 0.15) is 22.8 Å². The van der Waals surface area contributed by atoms with Crippen LogP contribution in [0.5, 0.6) is 0 Å². The maximum Gasteiger partial charge on any atom is 0.169 e. The summed E-state index contributed by atoms with van der Waals surface area (Å²) in [7, 11) is 0. The predicted octanol–water partition coefficient (Wildman–Crippen LogP) is 7.14. The quantitative estimate of drug-likeness (QED) is 0.293. The molecule has 1 unspecified atom stereocenters. The van der Waals surface area contributed by atoms with Crippen LogP contribution in [0.25, 0.3) is 33.2 Å². The fourth-order valence-electron chi connectivity index (χ4n) is 4.85. The van der Waals surface area contributed by atoms with Crippen LogP contribution < -0.4 is 5.32 Å².